The van der Waals surface area contributed by atoms with Gasteiger partial charge >= 0.3 is 5.97 Å². The van der Waals surface area contributed by atoms with E-state index in [0.29, 0.717) is 80.1 Å². The van der Waals surface area contributed by atoms with Gasteiger partial charge in [0.2, 0.25) is 0 Å². The third kappa shape index (κ3) is 6.27. The van der Waals surface area contributed by atoms with Crippen molar-refractivity contribution in [1.29, 1.82) is 0 Å². The maximum Gasteiger partial charge on any atom is 0.312 e. The Morgan fingerprint density at radius 1 is 0.962 bits per heavy atom. The molecule has 1 saturated heterocycles. The monoisotopic (exact) mass is 759 g/mol. The molecule has 1 unspecified atom stereocenters. The highest BCUT2D eigenvalue weighted by Crippen LogP contribution is 2.76. The second-order valence-electron chi connectivity index (χ2n) is 20.6. The molecule has 1 heterocycles. The zero-order chi connectivity index (χ0) is 38.4. The number of hydrogen-bond donors (Lipinski definition) is 5. The van der Waals surface area contributed by atoms with Gasteiger partial charge in [-0.05, 0) is 146 Å². The summed E-state index contributed by atoms with van der Waals surface area (Å²) < 4.78 is 34.1. The van der Waals surface area contributed by atoms with E-state index < -0.39 is 34.8 Å². The molecule has 0 amide bonds. The van der Waals surface area contributed by atoms with Crippen molar-refractivity contribution in [3.63, 3.8) is 0 Å². The molecule has 5 N–H and O–H groups in total. The number of halogens is 1. The minimum absolute atomic E-state index is 0.00897. The number of fused-ring (bicyclic) bond motifs is 7. The number of nitrogens with one attached hydrogen (secondary N) is 1. The molecule has 7 aliphatic rings. The smallest absolute Gasteiger partial charge is 0.312 e. The summed E-state index contributed by atoms with van der Waals surface area (Å²) in [5.74, 6) is 2.55. The molecule has 5 fully saturated rings. The van der Waals surface area contributed by atoms with Crippen molar-refractivity contribution in [2.45, 2.75) is 130 Å². The lowest BCUT2D eigenvalue weighted by Crippen LogP contribution is -2.68. The molecule has 9 heteroatoms. The van der Waals surface area contributed by atoms with Gasteiger partial charge in [-0.15, -0.1) is 0 Å². The predicted octanol–water partition coefficient (Wildman–Crippen LogP) is 9.10. The molecule has 6 aliphatic carbocycles. The molecule has 1 aliphatic heterocycles. The van der Waals surface area contributed by atoms with Crippen LogP contribution in [-0.4, -0.2) is 86.2 Å². The number of alkyl halides is 1. The summed E-state index contributed by atoms with van der Waals surface area (Å²) in [6, 6.07) is 0. The fourth-order valence-corrected chi connectivity index (χ4v) is 16.1. The molecule has 7 nitrogen and oxygen atoms in total. The summed E-state index contributed by atoms with van der Waals surface area (Å²) >= 11 is 0. The maximum atomic E-state index is 14.0. The Morgan fingerprint density at radius 3 is 2.30 bits per heavy atom. The first-order valence-electron chi connectivity index (χ1n) is 21.0. The van der Waals surface area contributed by atoms with E-state index in [0.717, 1.165) is 25.7 Å². The number of carbonyl (C=O) groups is 1. The summed E-state index contributed by atoms with van der Waals surface area (Å²) in [5, 5.41) is 25.2. The number of aliphatic hydroxyl groups excluding tert-OH is 1. The van der Waals surface area contributed by atoms with Crippen LogP contribution in [0.25, 0.3) is 0 Å². The van der Waals surface area contributed by atoms with E-state index in [1.165, 1.54) is 48.8 Å². The molecular weight excluding hydrogens is 688 g/mol. The number of hydrogen-bond acceptors (Lipinski definition) is 6. The van der Waals surface area contributed by atoms with Gasteiger partial charge in [0.25, 0.3) is 0 Å². The Balaban J connectivity index is 1.11. The summed E-state index contributed by atoms with van der Waals surface area (Å²) in [5.41, 5.74) is 3.27. The van der Waals surface area contributed by atoms with E-state index in [9.17, 15) is 28.5 Å². The van der Waals surface area contributed by atoms with Crippen molar-refractivity contribution in [3.05, 3.63) is 35.5 Å². The van der Waals surface area contributed by atoms with Gasteiger partial charge in [-0.25, -0.2) is 4.39 Å². The van der Waals surface area contributed by atoms with Gasteiger partial charge in [0.05, 0.1) is 23.0 Å². The average molecular weight is 759 g/mol. The van der Waals surface area contributed by atoms with Gasteiger partial charge in [0.1, 0.15) is 6.67 Å². The first-order valence-corrected chi connectivity index (χ1v) is 22.9. The Bertz CT molecular complexity index is 1520. The first-order chi connectivity index (χ1) is 24.8. The average Bonchev–Trinajstić information content (AvgIpc) is 3.49. The Labute approximate surface area is 321 Å². The summed E-state index contributed by atoms with van der Waals surface area (Å²) in [6.45, 7) is 21.2. The van der Waals surface area contributed by atoms with Crippen LogP contribution in [0.5, 0.6) is 0 Å². The molecule has 0 radical (unpaired) electrons. The lowest BCUT2D eigenvalue weighted by Gasteiger charge is -2.72. The van der Waals surface area contributed by atoms with Crippen molar-refractivity contribution in [2.75, 3.05) is 44.4 Å². The summed E-state index contributed by atoms with van der Waals surface area (Å²) in [4.78, 5) is 14.2. The number of β-amino-alcohol motifs (C(OH)–C–C–N with tert-alkyl or cyclic N) is 1. The number of aliphatic carboxylic acids is 1. The molecule has 0 aromatic heterocycles. The second kappa shape index (κ2) is 13.7. The zero-order valence-electron chi connectivity index (χ0n) is 33.7. The van der Waals surface area contributed by atoms with E-state index in [2.05, 4.69) is 70.5 Å². The zero-order valence-corrected chi connectivity index (χ0v) is 34.5. The molecule has 0 aromatic carbocycles. The van der Waals surface area contributed by atoms with Crippen molar-refractivity contribution in [2.24, 2.45) is 56.7 Å². The number of carboxylic acids is 1. The van der Waals surface area contributed by atoms with Crippen LogP contribution in [0.4, 0.5) is 4.39 Å². The van der Waals surface area contributed by atoms with E-state index >= 15 is 0 Å². The van der Waals surface area contributed by atoms with Crippen molar-refractivity contribution in [1.82, 2.24) is 10.2 Å². The summed E-state index contributed by atoms with van der Waals surface area (Å²) in [6.07, 6.45) is 16.0. The molecule has 0 aromatic rings. The second-order valence-corrected chi connectivity index (χ2v) is 23.0. The highest BCUT2D eigenvalue weighted by molar-refractivity contribution is 8.24. The predicted molar refractivity (Wildman–Crippen MR) is 214 cm³/mol. The fourth-order valence-electron chi connectivity index (χ4n) is 14.7. The molecule has 0 spiro atoms. The minimum Gasteiger partial charge on any atom is -0.481 e. The van der Waals surface area contributed by atoms with E-state index in [1.54, 1.807) is 0 Å². The minimum atomic E-state index is -2.45. The van der Waals surface area contributed by atoms with E-state index in [1.807, 2.05) is 0 Å². The SMILES string of the molecule is C=C(C)[C@@H]1CC[C@]2(NCC(O)CN3CCS(O)(O)CC3)CC[C@]3(C)[C@H](CC[C@@H]4[C@@]5(C)CC=C(C6=CC[C@](CF)(C(=O)O)CC6)C(C)(C)[C@@H]5CC[C@]43C)[C@@H]12. The molecule has 300 valence electrons. The van der Waals surface area contributed by atoms with Gasteiger partial charge in [-0.2, -0.15) is 10.6 Å². The Morgan fingerprint density at radius 2 is 1.68 bits per heavy atom. The highest BCUT2D eigenvalue weighted by atomic mass is 32.3. The number of allylic oxidation sites excluding steroid dienone is 5. The lowest BCUT2D eigenvalue weighted by atomic mass is 9.33. The standard InChI is InChI=1S/C44H71FN2O5S/c1-29(2)32-12-19-44(46-26-31(48)27-47-22-24-53(51,52)25-23-47)21-20-41(6)34(37(32)44)8-9-36-40(5)15-13-33(39(3,4)35(40)14-16-42(36,41)7)30-10-17-43(28-45,18-11-30)38(49)50/h10,13,31-32,34-37,46,48,51-52H,1,8-9,11-12,14-28H2,2-7H3,(H,49,50)/t31?,32-,34+,35-,36+,37+,40-,41+,42+,43-,44-/m0/s1. The molecule has 53 heavy (non-hydrogen) atoms. The van der Waals surface area contributed by atoms with Crippen molar-refractivity contribution >= 4 is 16.6 Å². The van der Waals surface area contributed by atoms with Crippen LogP contribution < -0.4 is 5.32 Å². The van der Waals surface area contributed by atoms with Gasteiger partial charge in [-0.1, -0.05) is 58.9 Å². The fraction of sp³-hybridized carbons (Fsp3) is 0.841. The normalized spacial score (nSPS) is 46.0. The number of nitrogens with zero attached hydrogens (tertiary/aromatic N) is 1. The maximum absolute atomic E-state index is 14.0. The van der Waals surface area contributed by atoms with Gasteiger partial charge in [-0.3, -0.25) is 18.8 Å². The third-order valence-corrected chi connectivity index (χ3v) is 19.6. The number of aliphatic hydroxyl groups is 1. The lowest BCUT2D eigenvalue weighted by molar-refractivity contribution is -0.221. The van der Waals surface area contributed by atoms with Crippen LogP contribution in [0.1, 0.15) is 119 Å². The topological polar surface area (TPSA) is 113 Å². The third-order valence-electron chi connectivity index (χ3n) is 17.9. The molecule has 7 rings (SSSR count). The van der Waals surface area contributed by atoms with Crippen molar-refractivity contribution < 1.29 is 28.5 Å². The van der Waals surface area contributed by atoms with Gasteiger partial charge in [0.15, 0.2) is 0 Å². The van der Waals surface area contributed by atoms with Crippen molar-refractivity contribution in [3.8, 4) is 0 Å². The van der Waals surface area contributed by atoms with Crippen LogP contribution in [0.3, 0.4) is 0 Å². The number of carboxylic acid groups (broad SMARTS) is 1. The molecule has 4 saturated carbocycles. The Kier molecular flexibility index (Phi) is 10.3. The highest BCUT2D eigenvalue weighted by Gasteiger charge is 2.70. The van der Waals surface area contributed by atoms with Crippen LogP contribution in [0.2, 0.25) is 0 Å². The molecule has 11 atom stereocenters. The van der Waals surface area contributed by atoms with Crippen LogP contribution in [0.15, 0.2) is 35.5 Å². The van der Waals surface area contributed by atoms with E-state index in [4.69, 9.17) is 0 Å². The van der Waals surface area contributed by atoms with Crippen LogP contribution in [-0.2, 0) is 4.79 Å². The van der Waals surface area contributed by atoms with E-state index in [-0.39, 0.29) is 33.6 Å². The molecular formula is C44H71FN2O5S. The Hall–Kier alpha value is -1.23. The quantitative estimate of drug-likeness (QED) is 0.149. The van der Waals surface area contributed by atoms with Gasteiger partial charge < -0.3 is 15.5 Å². The first kappa shape index (κ1) is 40.0. The van der Waals surface area contributed by atoms with Crippen LogP contribution in [0, 0.1) is 56.7 Å². The largest absolute Gasteiger partial charge is 0.481 e. The molecule has 0 bridgehead atoms. The number of rotatable bonds is 9. The van der Waals surface area contributed by atoms with Gasteiger partial charge in [0, 0.05) is 31.7 Å². The van der Waals surface area contributed by atoms with Crippen LogP contribution >= 0.6 is 10.6 Å². The summed E-state index contributed by atoms with van der Waals surface area (Å²) in [7, 11) is -2.45.